The average molecular weight is 310 g/mol. The summed E-state index contributed by atoms with van der Waals surface area (Å²) in [5.41, 5.74) is 0.319. The summed E-state index contributed by atoms with van der Waals surface area (Å²) in [6, 6.07) is 0.282. The third-order valence-electron chi connectivity index (χ3n) is 7.62. The molecule has 6 heteroatoms. The highest BCUT2D eigenvalue weighted by Gasteiger charge is 3.11. The lowest BCUT2D eigenvalue weighted by molar-refractivity contribution is -0.628. The highest BCUT2D eigenvalue weighted by atomic mass is 32.2. The summed E-state index contributed by atoms with van der Waals surface area (Å²) < 4.78 is 15.4. The monoisotopic (exact) mass is 310 g/mol. The Morgan fingerprint density at radius 2 is 1.67 bits per heavy atom. The third kappa shape index (κ3) is 0.927. The summed E-state index contributed by atoms with van der Waals surface area (Å²) in [7, 11) is 0. The van der Waals surface area contributed by atoms with Crippen LogP contribution in [0, 0.1) is 40.9 Å². The number of hydrogen-bond donors (Lipinski definition) is 3. The summed E-state index contributed by atoms with van der Waals surface area (Å²) in [5, 5.41) is 11.9. The zero-order valence-electron chi connectivity index (χ0n) is 12.7. The van der Waals surface area contributed by atoms with Crippen LogP contribution in [0.5, 0.6) is 0 Å². The Bertz CT molecular complexity index is 518. The molecule has 2 unspecified atom stereocenters. The molecule has 0 saturated heterocycles. The summed E-state index contributed by atoms with van der Waals surface area (Å²) in [4.78, 5) is 11.0. The second-order valence-corrected chi connectivity index (χ2v) is 10.7. The van der Waals surface area contributed by atoms with Crippen LogP contribution >= 0.6 is 0 Å². The molecule has 6 saturated carbocycles. The van der Waals surface area contributed by atoms with Gasteiger partial charge in [-0.25, -0.2) is 4.79 Å². The van der Waals surface area contributed by atoms with Crippen molar-refractivity contribution in [2.75, 3.05) is 0 Å². The lowest BCUT2D eigenvalue weighted by Crippen LogP contribution is -3.16. The molecule has 0 aliphatic heterocycles. The predicted octanol–water partition coefficient (Wildman–Crippen LogP) is 1.18. The van der Waals surface area contributed by atoms with Gasteiger partial charge < -0.3 is 15.0 Å². The van der Waals surface area contributed by atoms with Crippen LogP contribution < -0.4 is 10.0 Å². The van der Waals surface area contributed by atoms with Gasteiger partial charge in [0, 0.05) is 16.8 Å². The first-order valence-electron chi connectivity index (χ1n) is 7.89. The molecule has 116 valence electrons. The van der Waals surface area contributed by atoms with E-state index < -0.39 is 17.5 Å². The van der Waals surface area contributed by atoms with Gasteiger partial charge in [0.05, 0.1) is 11.6 Å². The van der Waals surface area contributed by atoms with Crippen LogP contribution in [0.15, 0.2) is 0 Å². The molecule has 0 aromatic rings. The highest BCUT2D eigenvalue weighted by molar-refractivity contribution is 7.90. The molecule has 6 rings (SSSR count). The maximum atomic E-state index is 12.3. The topological polar surface area (TPSA) is 84.4 Å². The van der Waals surface area contributed by atoms with E-state index in [-0.39, 0.29) is 16.3 Å². The van der Waals surface area contributed by atoms with E-state index in [2.05, 4.69) is 17.0 Å². The summed E-state index contributed by atoms with van der Waals surface area (Å²) in [6.45, 7) is 8.17. The molecular weight excluding hydrogens is 288 g/mol. The molecule has 6 aliphatic rings. The van der Waals surface area contributed by atoms with Gasteiger partial charge >= 0.3 is 6.09 Å². The SMILES string of the molecule is CC(N[S+]([O-])C(C)(C)C)C12C3C4C1C1C2C3C41NC(=O)O. The second kappa shape index (κ2) is 3.10. The Morgan fingerprint density at radius 3 is 2.05 bits per heavy atom. The van der Waals surface area contributed by atoms with Crippen molar-refractivity contribution in [3.63, 3.8) is 0 Å². The van der Waals surface area contributed by atoms with Gasteiger partial charge in [0.1, 0.15) is 4.75 Å². The maximum Gasteiger partial charge on any atom is 0.405 e. The van der Waals surface area contributed by atoms with Gasteiger partial charge in [0.2, 0.25) is 0 Å². The Balaban J connectivity index is 1.32. The molecule has 0 bridgehead atoms. The minimum absolute atomic E-state index is 0.0313. The number of hydrogen-bond acceptors (Lipinski definition) is 3. The molecular formula is C15H22N2O3S. The van der Waals surface area contributed by atoms with Crippen LogP contribution in [0.25, 0.3) is 0 Å². The quantitative estimate of drug-likeness (QED) is 0.681. The van der Waals surface area contributed by atoms with E-state index >= 15 is 0 Å². The molecule has 6 fully saturated rings. The summed E-state index contributed by atoms with van der Waals surface area (Å²) >= 11 is -1.02. The van der Waals surface area contributed by atoms with Gasteiger partial charge in [-0.3, -0.25) is 0 Å². The van der Waals surface area contributed by atoms with E-state index in [4.69, 9.17) is 5.11 Å². The summed E-state index contributed by atoms with van der Waals surface area (Å²) in [6.07, 6.45) is -0.861. The minimum atomic E-state index is -1.02. The van der Waals surface area contributed by atoms with Gasteiger partial charge in [-0.15, -0.1) is 4.72 Å². The number of carboxylic acid groups (broad SMARTS) is 1. The fourth-order valence-electron chi connectivity index (χ4n) is 7.35. The van der Waals surface area contributed by atoms with Crippen molar-refractivity contribution < 1.29 is 14.5 Å². The number of rotatable bonds is 4. The summed E-state index contributed by atoms with van der Waals surface area (Å²) in [5.74, 6) is 3.80. The lowest BCUT2D eigenvalue weighted by Gasteiger charge is -3.11. The molecule has 21 heavy (non-hydrogen) atoms. The molecule has 6 aliphatic carbocycles. The van der Waals surface area contributed by atoms with Crippen LogP contribution in [-0.4, -0.2) is 32.1 Å². The molecule has 0 spiro atoms. The molecule has 2 atom stereocenters. The standard InChI is InChI=1S/C15H22N2O3S/c1-5(17-21(20)13(2,3)4)14-6-9-7(14)11-8(14)10(6)15(9,11)16-12(18)19/h5-11,16-17H,1-4H3,(H,18,19). The second-order valence-electron chi connectivity index (χ2n) is 8.74. The van der Waals surface area contributed by atoms with Crippen molar-refractivity contribution in [3.05, 3.63) is 0 Å². The molecule has 0 radical (unpaired) electrons. The van der Waals surface area contributed by atoms with Crippen LogP contribution in [0.2, 0.25) is 0 Å². The Morgan fingerprint density at radius 1 is 1.19 bits per heavy atom. The zero-order chi connectivity index (χ0) is 15.1. The van der Waals surface area contributed by atoms with E-state index in [0.717, 1.165) is 0 Å². The van der Waals surface area contributed by atoms with Gasteiger partial charge in [-0.1, -0.05) is 0 Å². The Hall–Kier alpha value is -0.460. The number of carbonyl (C=O) groups is 1. The van der Waals surface area contributed by atoms with E-state index in [0.29, 0.717) is 40.9 Å². The molecule has 0 aromatic heterocycles. The number of nitrogens with one attached hydrogen (secondary N) is 2. The van der Waals surface area contributed by atoms with Crippen molar-refractivity contribution >= 4 is 17.5 Å². The molecule has 5 nitrogen and oxygen atoms in total. The van der Waals surface area contributed by atoms with Crippen LogP contribution in [0.4, 0.5) is 4.79 Å². The number of amides is 1. The molecule has 1 amide bonds. The van der Waals surface area contributed by atoms with Crippen molar-refractivity contribution in [1.29, 1.82) is 0 Å². The normalized spacial score (nSPS) is 59.3. The average Bonchev–Trinajstić information content (AvgIpc) is 2.37. The Kier molecular flexibility index (Phi) is 1.92. The zero-order valence-corrected chi connectivity index (χ0v) is 13.5. The van der Waals surface area contributed by atoms with Crippen molar-refractivity contribution in [2.45, 2.75) is 44.0 Å². The molecule has 3 N–H and O–H groups in total. The van der Waals surface area contributed by atoms with Crippen molar-refractivity contribution in [3.8, 4) is 0 Å². The van der Waals surface area contributed by atoms with E-state index in [1.54, 1.807) is 0 Å². The first kappa shape index (κ1) is 13.0. The van der Waals surface area contributed by atoms with Gasteiger partial charge in [-0.2, -0.15) is 0 Å². The first-order valence-corrected chi connectivity index (χ1v) is 9.04. The van der Waals surface area contributed by atoms with Crippen LogP contribution in [-0.2, 0) is 11.4 Å². The smallest absolute Gasteiger partial charge is 0.405 e. The first-order chi connectivity index (χ1) is 9.70. The van der Waals surface area contributed by atoms with E-state index in [9.17, 15) is 9.35 Å². The predicted molar refractivity (Wildman–Crippen MR) is 77.8 cm³/mol. The highest BCUT2D eigenvalue weighted by Crippen LogP contribution is 3.07. The molecule has 0 aromatic carbocycles. The van der Waals surface area contributed by atoms with Gasteiger partial charge in [0.15, 0.2) is 0 Å². The fourth-order valence-corrected chi connectivity index (χ4v) is 8.23. The van der Waals surface area contributed by atoms with Crippen molar-refractivity contribution in [1.82, 2.24) is 10.0 Å². The fraction of sp³-hybridized carbons (Fsp3) is 0.933. The minimum Gasteiger partial charge on any atom is -0.598 e. The van der Waals surface area contributed by atoms with Crippen LogP contribution in [0.1, 0.15) is 27.7 Å². The maximum absolute atomic E-state index is 12.3. The van der Waals surface area contributed by atoms with Gasteiger partial charge in [0.25, 0.3) is 0 Å². The lowest BCUT2D eigenvalue weighted by atomic mass is 8.93. The van der Waals surface area contributed by atoms with E-state index in [1.807, 2.05) is 20.8 Å². The molecule has 0 heterocycles. The van der Waals surface area contributed by atoms with Gasteiger partial charge in [-0.05, 0) is 63.2 Å². The van der Waals surface area contributed by atoms with Crippen LogP contribution in [0.3, 0.4) is 0 Å². The largest absolute Gasteiger partial charge is 0.598 e. The third-order valence-corrected chi connectivity index (χ3v) is 9.30. The Labute approximate surface area is 127 Å². The van der Waals surface area contributed by atoms with Crippen molar-refractivity contribution in [2.24, 2.45) is 40.9 Å². The van der Waals surface area contributed by atoms with E-state index in [1.165, 1.54) is 0 Å².